The first-order valence-electron chi connectivity index (χ1n) is 5.64. The van der Waals surface area contributed by atoms with Crippen molar-refractivity contribution in [1.82, 2.24) is 15.0 Å². The molecule has 2 N–H and O–H groups in total. The summed E-state index contributed by atoms with van der Waals surface area (Å²) in [5.74, 6) is -0.264. The van der Waals surface area contributed by atoms with E-state index in [0.29, 0.717) is 16.4 Å². The number of rotatable bonds is 4. The van der Waals surface area contributed by atoms with Gasteiger partial charge in [0.25, 0.3) is 0 Å². The SMILES string of the molecule is Cc1ccc(NC(=O)Cn2cc(CO)nn2)c(Cl)c1. The summed E-state index contributed by atoms with van der Waals surface area (Å²) in [5.41, 5.74) is 1.99. The zero-order chi connectivity index (χ0) is 13.8. The zero-order valence-corrected chi connectivity index (χ0v) is 11.1. The third-order valence-electron chi connectivity index (χ3n) is 2.45. The average molecular weight is 281 g/mol. The number of aromatic nitrogens is 3. The maximum atomic E-state index is 11.8. The minimum atomic E-state index is -0.264. The van der Waals surface area contributed by atoms with Gasteiger partial charge in [-0.2, -0.15) is 0 Å². The molecule has 0 unspecified atom stereocenters. The smallest absolute Gasteiger partial charge is 0.246 e. The summed E-state index contributed by atoms with van der Waals surface area (Å²) in [6.45, 7) is 1.73. The molecule has 0 aliphatic heterocycles. The molecule has 0 radical (unpaired) electrons. The summed E-state index contributed by atoms with van der Waals surface area (Å²) in [6.07, 6.45) is 1.51. The van der Waals surface area contributed by atoms with Crippen LogP contribution < -0.4 is 5.32 Å². The summed E-state index contributed by atoms with van der Waals surface area (Å²) in [5, 5.41) is 19.4. The molecule has 0 aliphatic rings. The van der Waals surface area contributed by atoms with E-state index < -0.39 is 0 Å². The largest absolute Gasteiger partial charge is 0.390 e. The number of hydrogen-bond acceptors (Lipinski definition) is 4. The molecule has 1 amide bonds. The lowest BCUT2D eigenvalue weighted by molar-refractivity contribution is -0.116. The van der Waals surface area contributed by atoms with Gasteiger partial charge >= 0.3 is 0 Å². The Labute approximate surface area is 115 Å². The van der Waals surface area contributed by atoms with Crippen molar-refractivity contribution >= 4 is 23.2 Å². The molecule has 2 rings (SSSR count). The van der Waals surface area contributed by atoms with Crippen molar-refractivity contribution in [1.29, 1.82) is 0 Å². The van der Waals surface area contributed by atoms with E-state index in [9.17, 15) is 4.79 Å². The Morgan fingerprint density at radius 2 is 2.32 bits per heavy atom. The maximum Gasteiger partial charge on any atom is 0.246 e. The van der Waals surface area contributed by atoms with Gasteiger partial charge in [0.1, 0.15) is 12.2 Å². The summed E-state index contributed by atoms with van der Waals surface area (Å²) >= 11 is 6.02. The number of hydrogen-bond donors (Lipinski definition) is 2. The van der Waals surface area contributed by atoms with E-state index in [2.05, 4.69) is 15.6 Å². The number of aliphatic hydroxyl groups is 1. The molecule has 1 aromatic carbocycles. The minimum Gasteiger partial charge on any atom is -0.390 e. The molecule has 6 nitrogen and oxygen atoms in total. The molecule has 0 spiro atoms. The van der Waals surface area contributed by atoms with Crippen molar-refractivity contribution in [3.8, 4) is 0 Å². The number of carbonyl (C=O) groups excluding carboxylic acids is 1. The van der Waals surface area contributed by atoms with Crippen LogP contribution in [0.3, 0.4) is 0 Å². The topological polar surface area (TPSA) is 80.0 Å². The van der Waals surface area contributed by atoms with Crippen molar-refractivity contribution in [2.45, 2.75) is 20.1 Å². The van der Waals surface area contributed by atoms with Gasteiger partial charge in [0.2, 0.25) is 5.91 Å². The Balaban J connectivity index is 2.01. The van der Waals surface area contributed by atoms with Crippen LogP contribution >= 0.6 is 11.6 Å². The van der Waals surface area contributed by atoms with Gasteiger partial charge in [-0.05, 0) is 24.6 Å². The molecule has 0 fully saturated rings. The predicted octanol–water partition coefficient (Wildman–Crippen LogP) is 1.37. The first-order valence-corrected chi connectivity index (χ1v) is 6.02. The maximum absolute atomic E-state index is 11.8. The van der Waals surface area contributed by atoms with Crippen LogP contribution in [-0.4, -0.2) is 26.0 Å². The number of nitrogens with zero attached hydrogens (tertiary/aromatic N) is 3. The zero-order valence-electron chi connectivity index (χ0n) is 10.3. The van der Waals surface area contributed by atoms with E-state index in [4.69, 9.17) is 16.7 Å². The van der Waals surface area contributed by atoms with Gasteiger partial charge in [-0.1, -0.05) is 22.9 Å². The van der Waals surface area contributed by atoms with Crippen LogP contribution in [-0.2, 0) is 17.9 Å². The highest BCUT2D eigenvalue weighted by atomic mass is 35.5. The van der Waals surface area contributed by atoms with Gasteiger partial charge in [0.05, 0.1) is 23.5 Å². The van der Waals surface area contributed by atoms with Gasteiger partial charge in [-0.3, -0.25) is 4.79 Å². The van der Waals surface area contributed by atoms with Crippen LogP contribution in [0.5, 0.6) is 0 Å². The second kappa shape index (κ2) is 5.81. The van der Waals surface area contributed by atoms with E-state index in [-0.39, 0.29) is 19.1 Å². The Hall–Kier alpha value is -1.92. The number of aliphatic hydroxyl groups excluding tert-OH is 1. The van der Waals surface area contributed by atoms with Gasteiger partial charge < -0.3 is 10.4 Å². The second-order valence-electron chi connectivity index (χ2n) is 4.10. The van der Waals surface area contributed by atoms with Crippen molar-refractivity contribution in [2.75, 3.05) is 5.32 Å². The third-order valence-corrected chi connectivity index (χ3v) is 2.77. The first kappa shape index (κ1) is 13.5. The molecule has 0 bridgehead atoms. The van der Waals surface area contributed by atoms with Crippen LogP contribution in [0.15, 0.2) is 24.4 Å². The molecule has 0 saturated heterocycles. The molecule has 0 atom stereocenters. The molecule has 100 valence electrons. The Morgan fingerprint density at radius 1 is 1.53 bits per heavy atom. The Kier molecular flexibility index (Phi) is 4.13. The van der Waals surface area contributed by atoms with Gasteiger partial charge in [0, 0.05) is 0 Å². The highest BCUT2D eigenvalue weighted by molar-refractivity contribution is 6.33. The Bertz CT molecular complexity index is 597. The molecule has 0 aliphatic carbocycles. The molecule has 2 aromatic rings. The number of aryl methyl sites for hydroxylation is 1. The summed E-state index contributed by atoms with van der Waals surface area (Å²) in [6, 6.07) is 5.38. The molecule has 7 heteroatoms. The predicted molar refractivity (Wildman–Crippen MR) is 70.8 cm³/mol. The number of amides is 1. The van der Waals surface area contributed by atoms with Crippen LogP contribution in [0.25, 0.3) is 0 Å². The number of benzene rings is 1. The molecule has 1 heterocycles. The fourth-order valence-corrected chi connectivity index (χ4v) is 1.83. The quantitative estimate of drug-likeness (QED) is 0.886. The van der Waals surface area contributed by atoms with E-state index in [1.54, 1.807) is 12.1 Å². The first-order chi connectivity index (χ1) is 9.08. The van der Waals surface area contributed by atoms with Gasteiger partial charge in [-0.15, -0.1) is 5.10 Å². The van der Waals surface area contributed by atoms with E-state index in [1.807, 2.05) is 13.0 Å². The average Bonchev–Trinajstić information content (AvgIpc) is 2.80. The fraction of sp³-hybridized carbons (Fsp3) is 0.250. The fourth-order valence-electron chi connectivity index (χ4n) is 1.55. The van der Waals surface area contributed by atoms with Crippen molar-refractivity contribution in [2.24, 2.45) is 0 Å². The highest BCUT2D eigenvalue weighted by Crippen LogP contribution is 2.22. The normalized spacial score (nSPS) is 10.5. The number of nitrogens with one attached hydrogen (secondary N) is 1. The van der Waals surface area contributed by atoms with E-state index >= 15 is 0 Å². The van der Waals surface area contributed by atoms with Gasteiger partial charge in [-0.25, -0.2) is 4.68 Å². The highest BCUT2D eigenvalue weighted by Gasteiger charge is 2.08. The standard InChI is InChI=1S/C12H13ClN4O2/c1-8-2-3-11(10(13)4-8)14-12(19)6-17-5-9(7-18)15-16-17/h2-5,18H,6-7H2,1H3,(H,14,19). The summed E-state index contributed by atoms with van der Waals surface area (Å²) in [4.78, 5) is 11.8. The summed E-state index contributed by atoms with van der Waals surface area (Å²) in [7, 11) is 0. The van der Waals surface area contributed by atoms with Crippen molar-refractivity contribution < 1.29 is 9.90 Å². The lowest BCUT2D eigenvalue weighted by Crippen LogP contribution is -2.19. The number of carbonyl (C=O) groups is 1. The van der Waals surface area contributed by atoms with E-state index in [1.165, 1.54) is 10.9 Å². The lowest BCUT2D eigenvalue weighted by Gasteiger charge is -2.07. The molecular weight excluding hydrogens is 268 g/mol. The van der Waals surface area contributed by atoms with Crippen molar-refractivity contribution in [3.05, 3.63) is 40.7 Å². The second-order valence-corrected chi connectivity index (χ2v) is 4.50. The van der Waals surface area contributed by atoms with Crippen LogP contribution in [0, 0.1) is 6.92 Å². The van der Waals surface area contributed by atoms with Crippen molar-refractivity contribution in [3.63, 3.8) is 0 Å². The minimum absolute atomic E-state index is 0.0111. The lowest BCUT2D eigenvalue weighted by atomic mass is 10.2. The monoisotopic (exact) mass is 280 g/mol. The van der Waals surface area contributed by atoms with Gasteiger partial charge in [0.15, 0.2) is 0 Å². The summed E-state index contributed by atoms with van der Waals surface area (Å²) < 4.78 is 1.35. The molecule has 1 aromatic heterocycles. The van der Waals surface area contributed by atoms with E-state index in [0.717, 1.165) is 5.56 Å². The number of halogens is 1. The molecular formula is C12H13ClN4O2. The Morgan fingerprint density at radius 3 is 2.95 bits per heavy atom. The van der Waals surface area contributed by atoms with Crippen LogP contribution in [0.1, 0.15) is 11.3 Å². The molecule has 0 saturated carbocycles. The van der Waals surface area contributed by atoms with Crippen LogP contribution in [0.4, 0.5) is 5.69 Å². The molecule has 19 heavy (non-hydrogen) atoms. The number of anilines is 1. The third kappa shape index (κ3) is 3.52. The van der Waals surface area contributed by atoms with Crippen LogP contribution in [0.2, 0.25) is 5.02 Å².